The van der Waals surface area contributed by atoms with Crippen LogP contribution in [0.25, 0.3) is 0 Å². The topological polar surface area (TPSA) is 46.2 Å². The Bertz CT molecular complexity index is 432. The highest BCUT2D eigenvalue weighted by atomic mass is 35.5. The molecule has 0 amide bonds. The number of halogens is 4. The molecule has 0 saturated heterocycles. The van der Waals surface area contributed by atoms with Gasteiger partial charge in [-0.2, -0.15) is 13.2 Å². The number of aliphatic hydroxyl groups excluding tert-OH is 1. The summed E-state index contributed by atoms with van der Waals surface area (Å²) in [5.74, 6) is 0. The Morgan fingerprint density at radius 2 is 1.89 bits per heavy atom. The van der Waals surface area contributed by atoms with Crippen molar-refractivity contribution in [2.75, 3.05) is 6.61 Å². The van der Waals surface area contributed by atoms with Crippen molar-refractivity contribution in [1.82, 2.24) is 0 Å². The van der Waals surface area contributed by atoms with Crippen LogP contribution in [0, 0.1) is 5.41 Å². The lowest BCUT2D eigenvalue weighted by Gasteiger charge is -2.30. The van der Waals surface area contributed by atoms with Crippen LogP contribution in [-0.4, -0.2) is 11.7 Å². The van der Waals surface area contributed by atoms with E-state index in [2.05, 4.69) is 0 Å². The van der Waals surface area contributed by atoms with Crippen molar-refractivity contribution in [2.24, 2.45) is 11.1 Å². The molecule has 1 aromatic rings. The first-order valence-electron chi connectivity index (χ1n) is 5.32. The van der Waals surface area contributed by atoms with Crippen LogP contribution in [-0.2, 0) is 6.18 Å². The van der Waals surface area contributed by atoms with Crippen LogP contribution < -0.4 is 5.73 Å². The van der Waals surface area contributed by atoms with Crippen molar-refractivity contribution in [3.63, 3.8) is 0 Å². The van der Waals surface area contributed by atoms with Crippen molar-refractivity contribution in [1.29, 1.82) is 0 Å². The molecule has 0 aromatic heterocycles. The van der Waals surface area contributed by atoms with Crippen LogP contribution in [0.4, 0.5) is 13.2 Å². The van der Waals surface area contributed by atoms with Gasteiger partial charge in [0, 0.05) is 18.1 Å². The Balaban J connectivity index is 3.13. The number of rotatable bonds is 3. The zero-order valence-corrected chi connectivity index (χ0v) is 10.8. The van der Waals surface area contributed by atoms with Crippen molar-refractivity contribution >= 4 is 11.6 Å². The van der Waals surface area contributed by atoms with Crippen molar-refractivity contribution < 1.29 is 18.3 Å². The molecule has 0 fully saturated rings. The third kappa shape index (κ3) is 3.16. The summed E-state index contributed by atoms with van der Waals surface area (Å²) in [7, 11) is 0. The summed E-state index contributed by atoms with van der Waals surface area (Å²) in [6.07, 6.45) is -4.48. The molecule has 0 aliphatic heterocycles. The summed E-state index contributed by atoms with van der Waals surface area (Å²) < 4.78 is 37.6. The molecule has 1 atom stereocenters. The Kier molecular flexibility index (Phi) is 4.30. The lowest BCUT2D eigenvalue weighted by molar-refractivity contribution is -0.137. The quantitative estimate of drug-likeness (QED) is 0.892. The van der Waals surface area contributed by atoms with E-state index in [0.717, 1.165) is 6.07 Å². The Morgan fingerprint density at radius 3 is 2.28 bits per heavy atom. The fourth-order valence-corrected chi connectivity index (χ4v) is 1.80. The van der Waals surface area contributed by atoms with Crippen molar-refractivity contribution in [2.45, 2.75) is 26.1 Å². The molecule has 102 valence electrons. The minimum Gasteiger partial charge on any atom is -0.396 e. The number of aliphatic hydroxyl groups is 1. The molecule has 0 heterocycles. The van der Waals surface area contributed by atoms with E-state index in [9.17, 15) is 18.3 Å². The minimum absolute atomic E-state index is 0.174. The van der Waals surface area contributed by atoms with E-state index in [1.165, 1.54) is 12.1 Å². The number of hydrogen-bond acceptors (Lipinski definition) is 2. The highest BCUT2D eigenvalue weighted by Gasteiger charge is 2.34. The predicted octanol–water partition coefficient (Wildman–Crippen LogP) is 3.38. The summed E-state index contributed by atoms with van der Waals surface area (Å²) in [4.78, 5) is 0. The van der Waals surface area contributed by atoms with Crippen LogP contribution >= 0.6 is 11.6 Å². The Morgan fingerprint density at radius 1 is 1.33 bits per heavy atom. The third-order valence-corrected chi connectivity index (χ3v) is 3.22. The number of alkyl halides is 3. The molecule has 0 bridgehead atoms. The van der Waals surface area contributed by atoms with Gasteiger partial charge in [-0.25, -0.2) is 0 Å². The first-order chi connectivity index (χ1) is 8.09. The predicted molar refractivity (Wildman–Crippen MR) is 64.2 cm³/mol. The van der Waals surface area contributed by atoms with Gasteiger partial charge in [0.2, 0.25) is 0 Å². The zero-order valence-electron chi connectivity index (χ0n) is 10.1. The highest BCUT2D eigenvalue weighted by molar-refractivity contribution is 6.31. The van der Waals surface area contributed by atoms with Crippen LogP contribution in [0.3, 0.4) is 0 Å². The summed E-state index contributed by atoms with van der Waals surface area (Å²) >= 11 is 5.61. The molecule has 0 saturated carbocycles. The maximum Gasteiger partial charge on any atom is 0.417 e. The van der Waals surface area contributed by atoms with Gasteiger partial charge in [-0.15, -0.1) is 0 Å². The maximum absolute atomic E-state index is 12.5. The first kappa shape index (κ1) is 15.3. The van der Waals surface area contributed by atoms with Gasteiger partial charge in [-0.05, 0) is 17.7 Å². The highest BCUT2D eigenvalue weighted by Crippen LogP contribution is 2.38. The van der Waals surface area contributed by atoms with Gasteiger partial charge >= 0.3 is 6.18 Å². The molecule has 1 rings (SSSR count). The van der Waals surface area contributed by atoms with Crippen LogP contribution in [0.5, 0.6) is 0 Å². The van der Waals surface area contributed by atoms with Crippen molar-refractivity contribution in [3.8, 4) is 0 Å². The summed E-state index contributed by atoms with van der Waals surface area (Å²) in [5, 5.41) is 8.80. The first-order valence-corrected chi connectivity index (χ1v) is 5.70. The normalized spacial score (nSPS) is 14.7. The molecule has 2 nitrogen and oxygen atoms in total. The van der Waals surface area contributed by atoms with Gasteiger partial charge < -0.3 is 10.8 Å². The largest absolute Gasteiger partial charge is 0.417 e. The van der Waals surface area contributed by atoms with E-state index in [4.69, 9.17) is 17.3 Å². The van der Waals surface area contributed by atoms with Gasteiger partial charge in [0.25, 0.3) is 0 Å². The second-order valence-electron chi connectivity index (χ2n) is 4.86. The lowest BCUT2D eigenvalue weighted by Crippen LogP contribution is -2.32. The van der Waals surface area contributed by atoms with E-state index >= 15 is 0 Å². The third-order valence-electron chi connectivity index (χ3n) is 2.91. The second-order valence-corrected chi connectivity index (χ2v) is 5.27. The van der Waals surface area contributed by atoms with E-state index in [0.29, 0.717) is 5.56 Å². The van der Waals surface area contributed by atoms with Crippen molar-refractivity contribution in [3.05, 3.63) is 34.3 Å². The van der Waals surface area contributed by atoms with E-state index in [1.807, 2.05) is 0 Å². The fraction of sp³-hybridized carbons (Fsp3) is 0.500. The zero-order chi connectivity index (χ0) is 14.1. The summed E-state index contributed by atoms with van der Waals surface area (Å²) in [5.41, 5.74) is 4.85. The summed E-state index contributed by atoms with van der Waals surface area (Å²) in [6, 6.07) is 2.80. The smallest absolute Gasteiger partial charge is 0.396 e. The van der Waals surface area contributed by atoms with Gasteiger partial charge in [0.1, 0.15) is 0 Å². The molecule has 3 N–H and O–H groups in total. The number of hydrogen-bond donors (Lipinski definition) is 2. The molecule has 0 spiro atoms. The molecule has 1 aromatic carbocycles. The lowest BCUT2D eigenvalue weighted by atomic mass is 9.81. The molecular formula is C12H15ClF3NO. The molecule has 18 heavy (non-hydrogen) atoms. The maximum atomic E-state index is 12.5. The SMILES string of the molecule is CC(C)(CO)[C@@H](N)c1ccc(C(F)(F)F)c(Cl)c1. The second kappa shape index (κ2) is 5.07. The average molecular weight is 282 g/mol. The standard InChI is InChI=1S/C12H15ClF3NO/c1-11(2,6-18)10(17)7-3-4-8(9(13)5-7)12(14,15)16/h3-5,10,18H,6,17H2,1-2H3/t10-/m0/s1. The minimum atomic E-state index is -4.48. The van der Waals surface area contributed by atoms with Gasteiger partial charge in [-0.3, -0.25) is 0 Å². The van der Waals surface area contributed by atoms with Gasteiger partial charge in [0.05, 0.1) is 10.6 Å². The van der Waals surface area contributed by atoms with Crippen LogP contribution in [0.1, 0.15) is 31.0 Å². The molecule has 0 unspecified atom stereocenters. The number of nitrogens with two attached hydrogens (primary N) is 1. The molecule has 6 heteroatoms. The molecule has 0 radical (unpaired) electrons. The monoisotopic (exact) mass is 281 g/mol. The van der Waals surface area contributed by atoms with Gasteiger partial charge in [-0.1, -0.05) is 31.5 Å². The van der Waals surface area contributed by atoms with Crippen LogP contribution in [0.15, 0.2) is 18.2 Å². The molecular weight excluding hydrogens is 267 g/mol. The van der Waals surface area contributed by atoms with Crippen LogP contribution in [0.2, 0.25) is 5.02 Å². The molecule has 0 aliphatic rings. The van der Waals surface area contributed by atoms with E-state index < -0.39 is 23.2 Å². The van der Waals surface area contributed by atoms with Gasteiger partial charge in [0.15, 0.2) is 0 Å². The Hall–Kier alpha value is -0.780. The fourth-order valence-electron chi connectivity index (χ4n) is 1.50. The average Bonchev–Trinajstić information content (AvgIpc) is 2.26. The van der Waals surface area contributed by atoms with E-state index in [-0.39, 0.29) is 11.6 Å². The molecule has 0 aliphatic carbocycles. The van der Waals surface area contributed by atoms with E-state index in [1.54, 1.807) is 13.8 Å². The Labute approximate surface area is 109 Å². The summed E-state index contributed by atoms with van der Waals surface area (Å²) in [6.45, 7) is 3.28. The number of benzene rings is 1.